The number of hydrogen-bond donors (Lipinski definition) is 2. The number of primary amides is 1. The van der Waals surface area contributed by atoms with Crippen LogP contribution >= 0.6 is 0 Å². The van der Waals surface area contributed by atoms with Crippen LogP contribution in [0.2, 0.25) is 0 Å². The average molecular weight is 389 g/mol. The lowest BCUT2D eigenvalue weighted by atomic mass is 10.0. The van der Waals surface area contributed by atoms with Gasteiger partial charge in [0.05, 0.1) is 11.1 Å². The molecule has 3 aromatic rings. The lowest BCUT2D eigenvalue weighted by molar-refractivity contribution is -0.137. The Hall–Kier alpha value is -3.70. The molecule has 3 heterocycles. The molecule has 1 fully saturated rings. The van der Waals surface area contributed by atoms with Crippen molar-refractivity contribution in [3.05, 3.63) is 53.3 Å². The highest BCUT2D eigenvalue weighted by atomic mass is 16.3. The lowest BCUT2D eigenvalue weighted by Gasteiger charge is -2.13. The molecule has 0 aliphatic carbocycles. The molecule has 1 unspecified atom stereocenters. The molecule has 2 aromatic heterocycles. The van der Waals surface area contributed by atoms with Gasteiger partial charge in [-0.05, 0) is 42.8 Å². The number of aryl methyl sites for hydroxylation is 1. The molecule has 2 amide bonds. The summed E-state index contributed by atoms with van der Waals surface area (Å²) in [4.78, 5) is 29.7. The van der Waals surface area contributed by atoms with Crippen LogP contribution in [0.25, 0.3) is 16.7 Å². The van der Waals surface area contributed by atoms with Crippen LogP contribution in [-0.2, 0) is 4.79 Å². The Kier molecular flexibility index (Phi) is 4.32. The summed E-state index contributed by atoms with van der Waals surface area (Å²) in [5.74, 6) is 4.59. The van der Waals surface area contributed by atoms with Crippen molar-refractivity contribution >= 4 is 22.8 Å². The molecule has 146 valence electrons. The Morgan fingerprint density at radius 2 is 2.14 bits per heavy atom. The molecule has 1 saturated heterocycles. The quantitative estimate of drug-likeness (QED) is 0.629. The number of rotatable bonds is 2. The van der Waals surface area contributed by atoms with Gasteiger partial charge < -0.3 is 15.7 Å². The zero-order valence-electron chi connectivity index (χ0n) is 16.0. The first-order valence-corrected chi connectivity index (χ1v) is 9.05. The number of fused-ring (bicyclic) bond motifs is 1. The van der Waals surface area contributed by atoms with Crippen LogP contribution in [-0.4, -0.2) is 55.8 Å². The van der Waals surface area contributed by atoms with E-state index in [4.69, 9.17) is 5.73 Å². The highest BCUT2D eigenvalue weighted by Gasteiger charge is 2.42. The standard InChI is InChI=1S/C21H19N5O3/c1-13-10-14(5-6-21(29)7-9-25(2)20(21)28)12-15(11-13)26-19-16(4-3-8-23-19)17(24-26)18(22)27/h3-4,8,10-12,29H,7,9H2,1-2H3,(H2,22,27). The maximum Gasteiger partial charge on any atom is 0.269 e. The maximum absolute atomic E-state index is 12.1. The van der Waals surface area contributed by atoms with E-state index in [-0.39, 0.29) is 12.1 Å². The highest BCUT2D eigenvalue weighted by Crippen LogP contribution is 2.23. The molecule has 29 heavy (non-hydrogen) atoms. The lowest BCUT2D eigenvalue weighted by Crippen LogP contribution is -2.37. The molecule has 1 aliphatic heterocycles. The number of nitrogens with two attached hydrogens (primary N) is 1. The minimum Gasteiger partial charge on any atom is -0.369 e. The smallest absolute Gasteiger partial charge is 0.269 e. The van der Waals surface area contributed by atoms with Gasteiger partial charge in [0.25, 0.3) is 11.8 Å². The van der Waals surface area contributed by atoms with Gasteiger partial charge in [0.15, 0.2) is 11.3 Å². The predicted octanol–water partition coefficient (Wildman–Crippen LogP) is 0.773. The number of amides is 2. The second-order valence-electron chi connectivity index (χ2n) is 7.14. The molecule has 0 radical (unpaired) electrons. The number of hydrogen-bond acceptors (Lipinski definition) is 5. The zero-order chi connectivity index (χ0) is 20.8. The maximum atomic E-state index is 12.1. The van der Waals surface area contributed by atoms with Crippen molar-refractivity contribution in [1.82, 2.24) is 19.7 Å². The second-order valence-corrected chi connectivity index (χ2v) is 7.14. The van der Waals surface area contributed by atoms with E-state index < -0.39 is 17.4 Å². The predicted molar refractivity (Wildman–Crippen MR) is 106 cm³/mol. The van der Waals surface area contributed by atoms with Crippen molar-refractivity contribution in [3.8, 4) is 17.5 Å². The van der Waals surface area contributed by atoms with Gasteiger partial charge in [-0.3, -0.25) is 9.59 Å². The van der Waals surface area contributed by atoms with Gasteiger partial charge in [0.2, 0.25) is 5.60 Å². The van der Waals surface area contributed by atoms with E-state index in [1.165, 1.54) is 9.58 Å². The van der Waals surface area contributed by atoms with Gasteiger partial charge >= 0.3 is 0 Å². The third kappa shape index (κ3) is 3.22. The van der Waals surface area contributed by atoms with Crippen LogP contribution in [0.5, 0.6) is 0 Å². The number of nitrogens with zero attached hydrogens (tertiary/aromatic N) is 4. The summed E-state index contributed by atoms with van der Waals surface area (Å²) in [5.41, 5.74) is 6.57. The fourth-order valence-electron chi connectivity index (χ4n) is 3.42. The number of benzene rings is 1. The van der Waals surface area contributed by atoms with Gasteiger partial charge in [-0.1, -0.05) is 11.8 Å². The Balaban J connectivity index is 1.80. The average Bonchev–Trinajstić information content (AvgIpc) is 3.20. The van der Waals surface area contributed by atoms with Crippen molar-refractivity contribution in [1.29, 1.82) is 0 Å². The van der Waals surface area contributed by atoms with E-state index in [2.05, 4.69) is 21.9 Å². The fraction of sp³-hybridized carbons (Fsp3) is 0.238. The number of carbonyl (C=O) groups is 2. The monoisotopic (exact) mass is 389 g/mol. The summed E-state index contributed by atoms with van der Waals surface area (Å²) in [6, 6.07) is 8.93. The summed E-state index contributed by atoms with van der Waals surface area (Å²) in [7, 11) is 1.64. The molecule has 8 heteroatoms. The summed E-state index contributed by atoms with van der Waals surface area (Å²) in [5, 5.41) is 15.4. The molecule has 0 spiro atoms. The second kappa shape index (κ2) is 6.72. The molecule has 1 aromatic carbocycles. The van der Waals surface area contributed by atoms with E-state index in [0.717, 1.165) is 5.56 Å². The van der Waals surface area contributed by atoms with Crippen LogP contribution < -0.4 is 5.73 Å². The Bertz CT molecular complexity index is 1220. The normalized spacial score (nSPS) is 18.7. The molecule has 0 saturated carbocycles. The number of likely N-dealkylation sites (N-methyl/N-ethyl adjacent to an activating group) is 1. The Labute approximate surface area is 166 Å². The number of pyridine rings is 1. The first kappa shape index (κ1) is 18.7. The van der Waals surface area contributed by atoms with E-state index >= 15 is 0 Å². The molecule has 1 atom stereocenters. The minimum absolute atomic E-state index is 0.135. The number of aliphatic hydroxyl groups is 1. The Morgan fingerprint density at radius 3 is 2.83 bits per heavy atom. The van der Waals surface area contributed by atoms with Gasteiger partial charge in [-0.2, -0.15) is 5.10 Å². The molecular weight excluding hydrogens is 370 g/mol. The summed E-state index contributed by atoms with van der Waals surface area (Å²) >= 11 is 0. The van der Waals surface area contributed by atoms with Crippen LogP contribution in [0, 0.1) is 18.8 Å². The first-order valence-electron chi connectivity index (χ1n) is 9.05. The highest BCUT2D eigenvalue weighted by molar-refractivity contribution is 6.03. The van der Waals surface area contributed by atoms with Crippen LogP contribution in [0.1, 0.15) is 28.0 Å². The number of carbonyl (C=O) groups excluding carboxylic acids is 2. The van der Waals surface area contributed by atoms with Crippen LogP contribution in [0.4, 0.5) is 0 Å². The fourth-order valence-corrected chi connectivity index (χ4v) is 3.42. The topological polar surface area (TPSA) is 114 Å². The molecular formula is C21H19N5O3. The minimum atomic E-state index is -1.67. The first-order chi connectivity index (χ1) is 13.8. The van der Waals surface area contributed by atoms with Crippen LogP contribution in [0.15, 0.2) is 36.5 Å². The zero-order valence-corrected chi connectivity index (χ0v) is 16.0. The third-order valence-corrected chi connectivity index (χ3v) is 4.91. The van der Waals surface area contributed by atoms with Crippen molar-refractivity contribution in [3.63, 3.8) is 0 Å². The van der Waals surface area contributed by atoms with Gasteiger partial charge in [-0.25, -0.2) is 9.67 Å². The number of aromatic nitrogens is 3. The molecule has 3 N–H and O–H groups in total. The molecule has 1 aliphatic rings. The van der Waals surface area contributed by atoms with Crippen LogP contribution in [0.3, 0.4) is 0 Å². The van der Waals surface area contributed by atoms with E-state index in [1.54, 1.807) is 31.4 Å². The van der Waals surface area contributed by atoms with E-state index in [9.17, 15) is 14.7 Å². The summed E-state index contributed by atoms with van der Waals surface area (Å²) in [6.45, 7) is 2.36. The van der Waals surface area contributed by atoms with Crippen molar-refractivity contribution in [2.45, 2.75) is 18.9 Å². The van der Waals surface area contributed by atoms with Gasteiger partial charge in [0, 0.05) is 31.8 Å². The summed E-state index contributed by atoms with van der Waals surface area (Å²) in [6.07, 6.45) is 1.88. The van der Waals surface area contributed by atoms with Gasteiger partial charge in [-0.15, -0.1) is 0 Å². The summed E-state index contributed by atoms with van der Waals surface area (Å²) < 4.78 is 1.54. The van der Waals surface area contributed by atoms with Gasteiger partial charge in [0.1, 0.15) is 0 Å². The van der Waals surface area contributed by atoms with Crippen molar-refractivity contribution in [2.75, 3.05) is 13.6 Å². The molecule has 4 rings (SSSR count). The Morgan fingerprint density at radius 1 is 1.34 bits per heavy atom. The van der Waals surface area contributed by atoms with Crippen molar-refractivity contribution in [2.24, 2.45) is 5.73 Å². The van der Waals surface area contributed by atoms with Crippen molar-refractivity contribution < 1.29 is 14.7 Å². The SMILES string of the molecule is Cc1cc(C#CC2(O)CCN(C)C2=O)cc(-n2nc(C(N)=O)c3cccnc32)c1. The molecule has 8 nitrogen and oxygen atoms in total. The largest absolute Gasteiger partial charge is 0.369 e. The van der Waals surface area contributed by atoms with E-state index in [1.807, 2.05) is 19.1 Å². The molecule has 0 bridgehead atoms. The third-order valence-electron chi connectivity index (χ3n) is 4.91. The number of likely N-dealkylation sites (tertiary alicyclic amines) is 1. The van der Waals surface area contributed by atoms with E-state index in [0.29, 0.717) is 28.8 Å².